The molecule has 0 spiro atoms. The van der Waals surface area contributed by atoms with Crippen LogP contribution in [0.1, 0.15) is 25.8 Å². The zero-order valence-corrected chi connectivity index (χ0v) is 12.5. The highest BCUT2D eigenvalue weighted by Gasteiger charge is 2.12. The molecule has 0 heterocycles. The van der Waals surface area contributed by atoms with Crippen molar-refractivity contribution in [2.75, 3.05) is 20.8 Å². The number of carbonyl (C=O) groups excluding carboxylic acids is 1. The summed E-state index contributed by atoms with van der Waals surface area (Å²) >= 11 is 0. The fraction of sp³-hybridized carbons (Fsp3) is 0.467. The molecule has 1 atom stereocenters. The Bertz CT molecular complexity index is 443. The second-order valence-corrected chi connectivity index (χ2v) is 4.45. The highest BCUT2D eigenvalue weighted by Crippen LogP contribution is 2.10. The van der Waals surface area contributed by atoms with E-state index in [4.69, 9.17) is 9.47 Å². The molecule has 1 aromatic carbocycles. The molecule has 0 aliphatic heterocycles. The van der Waals surface area contributed by atoms with Gasteiger partial charge in [0.2, 0.25) is 0 Å². The van der Waals surface area contributed by atoms with Crippen molar-refractivity contribution < 1.29 is 14.3 Å². The van der Waals surface area contributed by atoms with Gasteiger partial charge in [-0.2, -0.15) is 5.10 Å². The Hall–Kier alpha value is -2.04. The molecule has 0 N–H and O–H groups in total. The van der Waals surface area contributed by atoms with E-state index in [0.29, 0.717) is 13.0 Å². The number of rotatable bonds is 7. The third-order valence-electron chi connectivity index (χ3n) is 2.91. The van der Waals surface area contributed by atoms with Crippen LogP contribution in [0.3, 0.4) is 0 Å². The largest absolute Gasteiger partial charge is 0.497 e. The summed E-state index contributed by atoms with van der Waals surface area (Å²) in [5, 5.41) is 6.07. The summed E-state index contributed by atoms with van der Waals surface area (Å²) in [7, 11) is 3.47. The van der Waals surface area contributed by atoms with Gasteiger partial charge in [-0.05, 0) is 43.7 Å². The topological polar surface area (TPSA) is 51.1 Å². The Morgan fingerprint density at radius 1 is 1.40 bits per heavy atom. The Balaban J connectivity index is 2.52. The fourth-order valence-electron chi connectivity index (χ4n) is 1.55. The molecule has 0 saturated carbocycles. The minimum atomic E-state index is -0.202. The van der Waals surface area contributed by atoms with Gasteiger partial charge >= 0.3 is 5.97 Å². The van der Waals surface area contributed by atoms with Crippen LogP contribution in [0.5, 0.6) is 5.75 Å². The number of benzene rings is 1. The van der Waals surface area contributed by atoms with Crippen molar-refractivity contribution in [3.8, 4) is 5.75 Å². The van der Waals surface area contributed by atoms with Crippen molar-refractivity contribution in [2.45, 2.75) is 26.3 Å². The predicted molar refractivity (Wildman–Crippen MR) is 79.1 cm³/mol. The van der Waals surface area contributed by atoms with Crippen LogP contribution in [0.15, 0.2) is 29.4 Å². The number of hydrogen-bond acceptors (Lipinski definition) is 5. The average molecular weight is 278 g/mol. The fourth-order valence-corrected chi connectivity index (χ4v) is 1.55. The number of ether oxygens (including phenoxy) is 2. The Morgan fingerprint density at radius 2 is 2.05 bits per heavy atom. The predicted octanol–water partition coefficient (Wildman–Crippen LogP) is 2.30. The summed E-state index contributed by atoms with van der Waals surface area (Å²) in [4.78, 5) is 11.4. The van der Waals surface area contributed by atoms with Gasteiger partial charge in [-0.1, -0.05) is 0 Å². The van der Waals surface area contributed by atoms with Gasteiger partial charge in [-0.25, -0.2) is 0 Å². The molecule has 0 aliphatic rings. The van der Waals surface area contributed by atoms with Crippen LogP contribution >= 0.6 is 0 Å². The van der Waals surface area contributed by atoms with Gasteiger partial charge in [0.25, 0.3) is 0 Å². The maximum Gasteiger partial charge on any atom is 0.307 e. The van der Waals surface area contributed by atoms with Crippen molar-refractivity contribution in [1.29, 1.82) is 0 Å². The molecule has 0 saturated heterocycles. The van der Waals surface area contributed by atoms with E-state index in [9.17, 15) is 4.79 Å². The molecule has 1 aromatic rings. The maximum atomic E-state index is 11.4. The summed E-state index contributed by atoms with van der Waals surface area (Å²) < 4.78 is 10.0. The summed E-state index contributed by atoms with van der Waals surface area (Å²) in [6.45, 7) is 4.14. The van der Waals surface area contributed by atoms with Crippen LogP contribution in [0, 0.1) is 0 Å². The van der Waals surface area contributed by atoms with E-state index in [2.05, 4.69) is 5.10 Å². The van der Waals surface area contributed by atoms with Crippen molar-refractivity contribution in [3.63, 3.8) is 0 Å². The van der Waals surface area contributed by atoms with E-state index in [1.54, 1.807) is 25.3 Å². The third kappa shape index (κ3) is 5.30. The molecule has 0 amide bonds. The molecule has 1 rings (SSSR count). The molecule has 1 unspecified atom stereocenters. The molecular weight excluding hydrogens is 256 g/mol. The van der Waals surface area contributed by atoms with Crippen LogP contribution in [0.4, 0.5) is 0 Å². The first-order valence-electron chi connectivity index (χ1n) is 6.63. The second-order valence-electron chi connectivity index (χ2n) is 4.45. The molecule has 0 aromatic heterocycles. The lowest BCUT2D eigenvalue weighted by Gasteiger charge is -2.20. The van der Waals surface area contributed by atoms with E-state index in [-0.39, 0.29) is 12.0 Å². The van der Waals surface area contributed by atoms with Crippen LogP contribution in [0.2, 0.25) is 0 Å². The molecule has 0 bridgehead atoms. The number of carbonyl (C=O) groups is 1. The van der Waals surface area contributed by atoms with E-state index in [1.165, 1.54) is 0 Å². The highest BCUT2D eigenvalue weighted by molar-refractivity contribution is 5.79. The Labute approximate surface area is 120 Å². The average Bonchev–Trinajstić information content (AvgIpc) is 2.45. The summed E-state index contributed by atoms with van der Waals surface area (Å²) in [6.07, 6.45) is 2.07. The van der Waals surface area contributed by atoms with Gasteiger partial charge in [0.05, 0.1) is 32.4 Å². The van der Waals surface area contributed by atoms with Crippen LogP contribution in [-0.4, -0.2) is 44.0 Å². The second kappa shape index (κ2) is 8.19. The van der Waals surface area contributed by atoms with Gasteiger partial charge in [0.1, 0.15) is 5.75 Å². The van der Waals surface area contributed by atoms with Crippen molar-refractivity contribution in [2.24, 2.45) is 5.10 Å². The molecule has 0 fully saturated rings. The number of nitrogens with zero attached hydrogens (tertiary/aromatic N) is 2. The zero-order chi connectivity index (χ0) is 15.0. The van der Waals surface area contributed by atoms with Gasteiger partial charge < -0.3 is 9.47 Å². The van der Waals surface area contributed by atoms with Crippen LogP contribution in [-0.2, 0) is 9.53 Å². The minimum absolute atomic E-state index is 0.0106. The quantitative estimate of drug-likeness (QED) is 0.436. The van der Waals surface area contributed by atoms with Crippen molar-refractivity contribution >= 4 is 12.2 Å². The number of hydrogen-bond donors (Lipinski definition) is 0. The first-order chi connectivity index (χ1) is 9.56. The first kappa shape index (κ1) is 16.0. The van der Waals surface area contributed by atoms with Crippen LogP contribution < -0.4 is 4.74 Å². The lowest BCUT2D eigenvalue weighted by atomic mass is 10.2. The lowest BCUT2D eigenvalue weighted by molar-refractivity contribution is -0.144. The zero-order valence-electron chi connectivity index (χ0n) is 12.5. The number of hydrazone groups is 1. The normalized spacial score (nSPS) is 12.2. The molecule has 0 aliphatic carbocycles. The van der Waals surface area contributed by atoms with Crippen LogP contribution in [0.25, 0.3) is 0 Å². The molecule has 20 heavy (non-hydrogen) atoms. The molecule has 5 heteroatoms. The first-order valence-corrected chi connectivity index (χ1v) is 6.63. The lowest BCUT2D eigenvalue weighted by Crippen LogP contribution is -2.27. The van der Waals surface area contributed by atoms with E-state index < -0.39 is 0 Å². The number of methoxy groups -OCH3 is 1. The molecule has 0 radical (unpaired) electrons. The smallest absolute Gasteiger partial charge is 0.307 e. The molecule has 110 valence electrons. The Morgan fingerprint density at radius 3 is 2.60 bits per heavy atom. The van der Waals surface area contributed by atoms with Crippen molar-refractivity contribution in [1.82, 2.24) is 5.01 Å². The van der Waals surface area contributed by atoms with Gasteiger partial charge in [0, 0.05) is 7.05 Å². The monoisotopic (exact) mass is 278 g/mol. The Kier molecular flexibility index (Phi) is 6.56. The molecule has 5 nitrogen and oxygen atoms in total. The van der Waals surface area contributed by atoms with E-state index in [1.807, 2.05) is 38.2 Å². The standard InChI is InChI=1S/C15H22N2O3/c1-5-20-15(18)10-12(2)17(3)16-11-13-6-8-14(19-4)9-7-13/h6-9,11-12H,5,10H2,1-4H3. The SMILES string of the molecule is CCOC(=O)CC(C)N(C)N=Cc1ccc(OC)cc1. The minimum Gasteiger partial charge on any atom is -0.497 e. The molecular formula is C15H22N2O3. The van der Waals surface area contributed by atoms with Gasteiger partial charge in [-0.3, -0.25) is 9.80 Å². The van der Waals surface area contributed by atoms with E-state index in [0.717, 1.165) is 11.3 Å². The summed E-state index contributed by atoms with van der Waals surface area (Å²) in [6, 6.07) is 7.59. The third-order valence-corrected chi connectivity index (χ3v) is 2.91. The van der Waals surface area contributed by atoms with E-state index >= 15 is 0 Å². The van der Waals surface area contributed by atoms with Gasteiger partial charge in [-0.15, -0.1) is 0 Å². The maximum absolute atomic E-state index is 11.4. The highest BCUT2D eigenvalue weighted by atomic mass is 16.5. The number of esters is 1. The van der Waals surface area contributed by atoms with Gasteiger partial charge in [0.15, 0.2) is 0 Å². The summed E-state index contributed by atoms with van der Waals surface area (Å²) in [5.74, 6) is 0.609. The summed E-state index contributed by atoms with van der Waals surface area (Å²) in [5.41, 5.74) is 0.973. The van der Waals surface area contributed by atoms with Crippen molar-refractivity contribution in [3.05, 3.63) is 29.8 Å².